The first-order valence-corrected chi connectivity index (χ1v) is 9.60. The maximum absolute atomic E-state index is 11.9. The van der Waals surface area contributed by atoms with Crippen molar-refractivity contribution < 1.29 is 9.53 Å². The van der Waals surface area contributed by atoms with Crippen molar-refractivity contribution in [3.8, 4) is 0 Å². The third-order valence-electron chi connectivity index (χ3n) is 3.90. The fraction of sp³-hybridized carbons (Fsp3) is 0.579. The van der Waals surface area contributed by atoms with E-state index in [9.17, 15) is 4.79 Å². The Morgan fingerprint density at radius 3 is 2.52 bits per heavy atom. The number of nitrogens with zero attached hydrogens (tertiary/aromatic N) is 2. The molecular formula is C19H32ClN5O2. The SMILES string of the molecule is CN=C(NCCCC(=O)Nc1ccc(Cl)cc1)NCCN(C)CCCOC. The summed E-state index contributed by atoms with van der Waals surface area (Å²) in [5.74, 6) is 0.734. The van der Waals surface area contributed by atoms with Crippen LogP contribution in [0.1, 0.15) is 19.3 Å². The summed E-state index contributed by atoms with van der Waals surface area (Å²) in [6.45, 7) is 4.20. The maximum Gasteiger partial charge on any atom is 0.224 e. The number of hydrogen-bond donors (Lipinski definition) is 3. The van der Waals surface area contributed by atoms with Crippen LogP contribution in [0.3, 0.4) is 0 Å². The quantitative estimate of drug-likeness (QED) is 0.286. The third kappa shape index (κ3) is 11.5. The van der Waals surface area contributed by atoms with E-state index in [1.54, 1.807) is 38.4 Å². The van der Waals surface area contributed by atoms with Gasteiger partial charge < -0.3 is 25.6 Å². The highest BCUT2D eigenvalue weighted by Crippen LogP contribution is 2.13. The molecule has 0 saturated heterocycles. The predicted octanol–water partition coefficient (Wildman–Crippen LogP) is 2.19. The van der Waals surface area contributed by atoms with Crippen molar-refractivity contribution >= 4 is 29.2 Å². The summed E-state index contributed by atoms with van der Waals surface area (Å²) in [5.41, 5.74) is 0.754. The van der Waals surface area contributed by atoms with Crippen LogP contribution in [-0.4, -0.2) is 70.8 Å². The first-order chi connectivity index (χ1) is 13.0. The summed E-state index contributed by atoms with van der Waals surface area (Å²) < 4.78 is 5.06. The second-order valence-electron chi connectivity index (χ2n) is 6.23. The summed E-state index contributed by atoms with van der Waals surface area (Å²) in [4.78, 5) is 18.4. The van der Waals surface area contributed by atoms with Crippen LogP contribution in [0.15, 0.2) is 29.3 Å². The van der Waals surface area contributed by atoms with Crippen LogP contribution in [0.25, 0.3) is 0 Å². The molecule has 0 radical (unpaired) electrons. The second kappa shape index (κ2) is 14.3. The lowest BCUT2D eigenvalue weighted by atomic mass is 10.2. The standard InChI is InChI=1S/C19H32ClN5O2/c1-21-19(23-12-14-25(2)13-5-15-27-3)22-11-4-6-18(26)24-17-9-7-16(20)8-10-17/h7-10H,4-6,11-15H2,1-3H3,(H,24,26)(H2,21,22,23). The van der Waals surface area contributed by atoms with E-state index >= 15 is 0 Å². The van der Waals surface area contributed by atoms with Crippen LogP contribution >= 0.6 is 11.6 Å². The fourth-order valence-corrected chi connectivity index (χ4v) is 2.51. The van der Waals surface area contributed by atoms with Crippen LogP contribution in [0.4, 0.5) is 5.69 Å². The molecule has 0 aromatic heterocycles. The Bertz CT molecular complexity index is 566. The number of rotatable bonds is 12. The zero-order chi connectivity index (χ0) is 19.9. The molecule has 0 aliphatic carbocycles. The first kappa shape index (κ1) is 23.2. The Kier molecular flexibility index (Phi) is 12.3. The zero-order valence-electron chi connectivity index (χ0n) is 16.6. The van der Waals surface area contributed by atoms with Gasteiger partial charge in [0, 0.05) is 64.1 Å². The predicted molar refractivity (Wildman–Crippen MR) is 113 cm³/mol. The normalized spacial score (nSPS) is 11.5. The van der Waals surface area contributed by atoms with E-state index in [1.807, 2.05) is 0 Å². The van der Waals surface area contributed by atoms with Crippen molar-refractivity contribution in [3.05, 3.63) is 29.3 Å². The van der Waals surface area contributed by atoms with E-state index in [1.165, 1.54) is 0 Å². The first-order valence-electron chi connectivity index (χ1n) is 9.22. The number of aliphatic imine (C=N–C) groups is 1. The Labute approximate surface area is 167 Å². The number of methoxy groups -OCH3 is 1. The molecule has 8 heteroatoms. The van der Waals surface area contributed by atoms with E-state index in [2.05, 4.69) is 32.9 Å². The van der Waals surface area contributed by atoms with Crippen molar-refractivity contribution in [3.63, 3.8) is 0 Å². The average molecular weight is 398 g/mol. The number of likely N-dealkylation sites (N-methyl/N-ethyl adjacent to an activating group) is 1. The molecule has 1 amide bonds. The molecule has 0 spiro atoms. The Balaban J connectivity index is 2.12. The molecule has 27 heavy (non-hydrogen) atoms. The molecular weight excluding hydrogens is 366 g/mol. The molecule has 7 nitrogen and oxygen atoms in total. The minimum Gasteiger partial charge on any atom is -0.385 e. The number of carbonyl (C=O) groups excluding carboxylic acids is 1. The Morgan fingerprint density at radius 1 is 1.15 bits per heavy atom. The van der Waals surface area contributed by atoms with Crippen LogP contribution < -0.4 is 16.0 Å². The van der Waals surface area contributed by atoms with Gasteiger partial charge >= 0.3 is 0 Å². The minimum absolute atomic E-state index is 0.0141. The summed E-state index contributed by atoms with van der Waals surface area (Å²) in [5, 5.41) is 10.0. The van der Waals surface area contributed by atoms with Gasteiger partial charge in [-0.25, -0.2) is 0 Å². The average Bonchev–Trinajstić information content (AvgIpc) is 2.65. The van der Waals surface area contributed by atoms with Crippen molar-refractivity contribution in [2.24, 2.45) is 4.99 Å². The number of amides is 1. The van der Waals surface area contributed by atoms with Gasteiger partial charge in [0.15, 0.2) is 5.96 Å². The molecule has 152 valence electrons. The van der Waals surface area contributed by atoms with E-state index in [0.29, 0.717) is 18.0 Å². The largest absolute Gasteiger partial charge is 0.385 e. The van der Waals surface area contributed by atoms with Crippen molar-refractivity contribution in [1.29, 1.82) is 0 Å². The lowest BCUT2D eigenvalue weighted by molar-refractivity contribution is -0.116. The van der Waals surface area contributed by atoms with Gasteiger partial charge in [-0.05, 0) is 44.2 Å². The van der Waals surface area contributed by atoms with Crippen LogP contribution in [0, 0.1) is 0 Å². The van der Waals surface area contributed by atoms with Gasteiger partial charge in [-0.3, -0.25) is 9.79 Å². The lowest BCUT2D eigenvalue weighted by Crippen LogP contribution is -2.41. The van der Waals surface area contributed by atoms with Crippen LogP contribution in [-0.2, 0) is 9.53 Å². The van der Waals surface area contributed by atoms with Gasteiger partial charge in [0.25, 0.3) is 0 Å². The van der Waals surface area contributed by atoms with Crippen molar-refractivity contribution in [2.75, 3.05) is 59.3 Å². The molecule has 0 fully saturated rings. The number of anilines is 1. The smallest absolute Gasteiger partial charge is 0.224 e. The molecule has 0 heterocycles. The van der Waals surface area contributed by atoms with E-state index in [-0.39, 0.29) is 5.91 Å². The number of benzene rings is 1. The molecule has 0 aliphatic heterocycles. The van der Waals surface area contributed by atoms with Gasteiger partial charge in [-0.1, -0.05) is 11.6 Å². The number of guanidine groups is 1. The highest BCUT2D eigenvalue weighted by Gasteiger charge is 2.04. The summed E-state index contributed by atoms with van der Waals surface area (Å²) in [6, 6.07) is 7.08. The van der Waals surface area contributed by atoms with Crippen molar-refractivity contribution in [2.45, 2.75) is 19.3 Å². The van der Waals surface area contributed by atoms with Crippen molar-refractivity contribution in [1.82, 2.24) is 15.5 Å². The lowest BCUT2D eigenvalue weighted by Gasteiger charge is -2.18. The molecule has 0 unspecified atom stereocenters. The highest BCUT2D eigenvalue weighted by atomic mass is 35.5. The van der Waals surface area contributed by atoms with E-state index in [0.717, 1.165) is 50.7 Å². The molecule has 0 saturated carbocycles. The molecule has 1 rings (SSSR count). The third-order valence-corrected chi connectivity index (χ3v) is 4.15. The van der Waals surface area contributed by atoms with E-state index in [4.69, 9.17) is 16.3 Å². The second-order valence-corrected chi connectivity index (χ2v) is 6.67. The molecule has 0 bridgehead atoms. The fourth-order valence-electron chi connectivity index (χ4n) is 2.39. The van der Waals surface area contributed by atoms with Crippen LogP contribution in [0.5, 0.6) is 0 Å². The summed E-state index contributed by atoms with van der Waals surface area (Å²) in [6.07, 6.45) is 2.18. The summed E-state index contributed by atoms with van der Waals surface area (Å²) in [7, 11) is 5.55. The minimum atomic E-state index is -0.0141. The van der Waals surface area contributed by atoms with Gasteiger partial charge in [0.05, 0.1) is 0 Å². The molecule has 3 N–H and O–H groups in total. The zero-order valence-corrected chi connectivity index (χ0v) is 17.3. The Morgan fingerprint density at radius 2 is 1.85 bits per heavy atom. The number of ether oxygens (including phenoxy) is 1. The topological polar surface area (TPSA) is 78.0 Å². The number of hydrogen-bond acceptors (Lipinski definition) is 4. The molecule has 0 aliphatic rings. The number of nitrogens with one attached hydrogen (secondary N) is 3. The van der Waals surface area contributed by atoms with Gasteiger partial charge in [-0.15, -0.1) is 0 Å². The van der Waals surface area contributed by atoms with Gasteiger partial charge in [-0.2, -0.15) is 0 Å². The summed E-state index contributed by atoms with van der Waals surface area (Å²) >= 11 is 5.83. The maximum atomic E-state index is 11.9. The number of halogens is 1. The molecule has 1 aromatic carbocycles. The number of carbonyl (C=O) groups is 1. The van der Waals surface area contributed by atoms with E-state index < -0.39 is 0 Å². The molecule has 1 aromatic rings. The monoisotopic (exact) mass is 397 g/mol. The Hall–Kier alpha value is -1.83. The highest BCUT2D eigenvalue weighted by molar-refractivity contribution is 6.30. The molecule has 0 atom stereocenters. The van der Waals surface area contributed by atoms with Crippen LogP contribution in [0.2, 0.25) is 5.02 Å². The van der Waals surface area contributed by atoms with Gasteiger partial charge in [0.2, 0.25) is 5.91 Å². The van der Waals surface area contributed by atoms with Gasteiger partial charge in [0.1, 0.15) is 0 Å².